The van der Waals surface area contributed by atoms with E-state index in [0.29, 0.717) is 0 Å². The molecule has 14 heavy (non-hydrogen) atoms. The van der Waals surface area contributed by atoms with Gasteiger partial charge in [0.15, 0.2) is 0 Å². The summed E-state index contributed by atoms with van der Waals surface area (Å²) in [6, 6.07) is 0. The maximum Gasteiger partial charge on any atom is 0.421 e. The predicted molar refractivity (Wildman–Crippen MR) is 59.6 cm³/mol. The molecule has 0 aliphatic heterocycles. The lowest BCUT2D eigenvalue weighted by molar-refractivity contribution is 0.187. The van der Waals surface area contributed by atoms with E-state index >= 15 is 0 Å². The van der Waals surface area contributed by atoms with Gasteiger partial charge in [-0.1, -0.05) is 39.0 Å². The number of halogens is 1. The van der Waals surface area contributed by atoms with Crippen LogP contribution in [0.5, 0.6) is 0 Å². The molecule has 0 spiro atoms. The standard InChI is InChI=1S/C9H20ClO3P/c1-3-4-5-6-7-8-9(2)13-14(10,11)12/h9H,3-8H2,1-2H3,(H,11,12). The topological polar surface area (TPSA) is 46.5 Å². The van der Waals surface area contributed by atoms with E-state index in [1.165, 1.54) is 19.3 Å². The van der Waals surface area contributed by atoms with Crippen LogP contribution in [0.15, 0.2) is 0 Å². The Morgan fingerprint density at radius 1 is 1.36 bits per heavy atom. The molecular formula is C9H20ClO3P. The molecule has 0 saturated heterocycles. The van der Waals surface area contributed by atoms with E-state index in [-0.39, 0.29) is 6.10 Å². The maximum absolute atomic E-state index is 10.7. The second kappa shape index (κ2) is 7.70. The smallest absolute Gasteiger partial charge is 0.313 e. The van der Waals surface area contributed by atoms with Crippen LogP contribution in [0.3, 0.4) is 0 Å². The average molecular weight is 243 g/mol. The maximum atomic E-state index is 10.7. The van der Waals surface area contributed by atoms with Gasteiger partial charge < -0.3 is 4.89 Å². The molecule has 0 bridgehead atoms. The summed E-state index contributed by atoms with van der Waals surface area (Å²) in [5, 5.41) is 0. The van der Waals surface area contributed by atoms with E-state index in [0.717, 1.165) is 19.3 Å². The van der Waals surface area contributed by atoms with Gasteiger partial charge in [-0.2, -0.15) is 0 Å². The van der Waals surface area contributed by atoms with Crippen molar-refractivity contribution in [3.8, 4) is 0 Å². The van der Waals surface area contributed by atoms with Crippen LogP contribution >= 0.6 is 18.2 Å². The first-order chi connectivity index (χ1) is 6.45. The minimum Gasteiger partial charge on any atom is -0.313 e. The number of hydrogen-bond donors (Lipinski definition) is 1. The summed E-state index contributed by atoms with van der Waals surface area (Å²) in [5.41, 5.74) is 0. The van der Waals surface area contributed by atoms with Crippen LogP contribution in [0.4, 0.5) is 0 Å². The highest BCUT2D eigenvalue weighted by atomic mass is 35.7. The summed E-state index contributed by atoms with van der Waals surface area (Å²) < 4.78 is 15.4. The molecule has 2 atom stereocenters. The average Bonchev–Trinajstić information content (AvgIpc) is 2.00. The van der Waals surface area contributed by atoms with Gasteiger partial charge in [0.25, 0.3) is 0 Å². The highest BCUT2D eigenvalue weighted by molar-refractivity contribution is 7.80. The van der Waals surface area contributed by atoms with Gasteiger partial charge in [0.05, 0.1) is 6.10 Å². The van der Waals surface area contributed by atoms with Crippen molar-refractivity contribution in [1.82, 2.24) is 0 Å². The van der Waals surface area contributed by atoms with E-state index in [4.69, 9.17) is 20.7 Å². The lowest BCUT2D eigenvalue weighted by atomic mass is 10.1. The molecule has 2 unspecified atom stereocenters. The third-order valence-corrected chi connectivity index (χ3v) is 2.88. The highest BCUT2D eigenvalue weighted by Gasteiger charge is 2.18. The van der Waals surface area contributed by atoms with Crippen LogP contribution in [0.25, 0.3) is 0 Å². The lowest BCUT2D eigenvalue weighted by Gasteiger charge is -2.12. The van der Waals surface area contributed by atoms with Crippen molar-refractivity contribution in [3.05, 3.63) is 0 Å². The van der Waals surface area contributed by atoms with E-state index in [9.17, 15) is 4.57 Å². The zero-order chi connectivity index (χ0) is 11.0. The normalized spacial score (nSPS) is 17.7. The summed E-state index contributed by atoms with van der Waals surface area (Å²) in [4.78, 5) is 8.73. The third kappa shape index (κ3) is 10.5. The predicted octanol–water partition coefficient (Wildman–Crippen LogP) is 4.09. The Balaban J connectivity index is 3.36. The first-order valence-electron chi connectivity index (χ1n) is 5.16. The van der Waals surface area contributed by atoms with Gasteiger partial charge in [-0.25, -0.2) is 4.57 Å². The van der Waals surface area contributed by atoms with Gasteiger partial charge in [0.2, 0.25) is 0 Å². The molecule has 3 nitrogen and oxygen atoms in total. The Morgan fingerprint density at radius 3 is 2.43 bits per heavy atom. The summed E-state index contributed by atoms with van der Waals surface area (Å²) in [6.07, 6.45) is 6.44. The number of hydrogen-bond acceptors (Lipinski definition) is 2. The fourth-order valence-corrected chi connectivity index (χ4v) is 2.27. The first-order valence-corrected chi connectivity index (χ1v) is 7.65. The Labute approximate surface area is 91.1 Å². The molecule has 0 radical (unpaired) electrons. The van der Waals surface area contributed by atoms with Crippen molar-refractivity contribution in [2.45, 2.75) is 58.5 Å². The van der Waals surface area contributed by atoms with Crippen molar-refractivity contribution in [1.29, 1.82) is 0 Å². The van der Waals surface area contributed by atoms with Crippen LogP contribution in [-0.4, -0.2) is 11.0 Å². The van der Waals surface area contributed by atoms with E-state index in [1.807, 2.05) is 0 Å². The van der Waals surface area contributed by atoms with Crippen molar-refractivity contribution < 1.29 is 14.0 Å². The fourth-order valence-electron chi connectivity index (χ4n) is 1.31. The SMILES string of the molecule is CCCCCCCC(C)OP(=O)(O)Cl. The molecule has 5 heteroatoms. The number of rotatable bonds is 8. The number of unbranched alkanes of at least 4 members (excludes halogenated alkanes) is 4. The summed E-state index contributed by atoms with van der Waals surface area (Å²) in [5.74, 6) is 0. The molecule has 0 aliphatic carbocycles. The van der Waals surface area contributed by atoms with Crippen LogP contribution < -0.4 is 0 Å². The second-order valence-corrected chi connectivity index (χ2v) is 5.97. The molecule has 86 valence electrons. The largest absolute Gasteiger partial charge is 0.421 e. The summed E-state index contributed by atoms with van der Waals surface area (Å²) >= 11 is 5.08. The van der Waals surface area contributed by atoms with E-state index < -0.39 is 6.95 Å². The zero-order valence-electron chi connectivity index (χ0n) is 8.91. The van der Waals surface area contributed by atoms with Crippen molar-refractivity contribution in [2.75, 3.05) is 0 Å². The quantitative estimate of drug-likeness (QED) is 0.515. The summed E-state index contributed by atoms with van der Waals surface area (Å²) in [7, 11) is 0. The molecule has 0 amide bonds. The highest BCUT2D eigenvalue weighted by Crippen LogP contribution is 2.49. The van der Waals surface area contributed by atoms with Crippen molar-refractivity contribution >= 4 is 18.2 Å². The zero-order valence-corrected chi connectivity index (χ0v) is 10.6. The minimum absolute atomic E-state index is 0.232. The Morgan fingerprint density at radius 2 is 1.93 bits per heavy atom. The molecule has 0 aromatic heterocycles. The molecule has 0 aromatic carbocycles. The Bertz CT molecular complexity index is 181. The molecule has 0 rings (SSSR count). The molecule has 1 N–H and O–H groups in total. The molecule has 0 aliphatic rings. The third-order valence-electron chi connectivity index (χ3n) is 2.02. The molecular weight excluding hydrogens is 223 g/mol. The van der Waals surface area contributed by atoms with Gasteiger partial charge in [-0.3, -0.25) is 4.52 Å². The van der Waals surface area contributed by atoms with Gasteiger partial charge in [-0.05, 0) is 13.3 Å². The minimum atomic E-state index is -3.81. The monoisotopic (exact) mass is 242 g/mol. The van der Waals surface area contributed by atoms with E-state index in [1.54, 1.807) is 6.92 Å². The van der Waals surface area contributed by atoms with Crippen molar-refractivity contribution in [3.63, 3.8) is 0 Å². The lowest BCUT2D eigenvalue weighted by Crippen LogP contribution is -2.04. The van der Waals surface area contributed by atoms with Crippen LogP contribution in [0.1, 0.15) is 52.4 Å². The van der Waals surface area contributed by atoms with Crippen LogP contribution in [0, 0.1) is 0 Å². The Kier molecular flexibility index (Phi) is 7.94. The van der Waals surface area contributed by atoms with Crippen LogP contribution in [-0.2, 0) is 9.09 Å². The van der Waals surface area contributed by atoms with Gasteiger partial charge >= 0.3 is 6.95 Å². The molecule has 0 fully saturated rings. The second-order valence-electron chi connectivity index (χ2n) is 3.57. The molecule has 0 aromatic rings. The fraction of sp³-hybridized carbons (Fsp3) is 1.00. The van der Waals surface area contributed by atoms with Crippen molar-refractivity contribution in [2.24, 2.45) is 0 Å². The Hall–Kier alpha value is 0.440. The van der Waals surface area contributed by atoms with E-state index in [2.05, 4.69) is 6.92 Å². The van der Waals surface area contributed by atoms with Gasteiger partial charge in [-0.15, -0.1) is 0 Å². The molecule has 0 saturated carbocycles. The summed E-state index contributed by atoms with van der Waals surface area (Å²) in [6.45, 7) is 0.126. The van der Waals surface area contributed by atoms with Gasteiger partial charge in [0, 0.05) is 11.2 Å². The molecule has 0 heterocycles. The van der Waals surface area contributed by atoms with Crippen LogP contribution in [0.2, 0.25) is 0 Å². The first kappa shape index (κ1) is 14.4. The van der Waals surface area contributed by atoms with Gasteiger partial charge in [0.1, 0.15) is 0 Å².